The van der Waals surface area contributed by atoms with Crippen molar-refractivity contribution >= 4 is 28.3 Å². The van der Waals surface area contributed by atoms with Gasteiger partial charge in [-0.1, -0.05) is 11.3 Å². The van der Waals surface area contributed by atoms with E-state index in [-0.39, 0.29) is 17.9 Å². The predicted molar refractivity (Wildman–Crippen MR) is 119 cm³/mol. The number of nitrogens with one attached hydrogen (secondary N) is 1. The monoisotopic (exact) mass is 436 g/mol. The van der Waals surface area contributed by atoms with E-state index in [1.807, 2.05) is 40.0 Å². The van der Waals surface area contributed by atoms with Crippen LogP contribution in [-0.4, -0.2) is 50.6 Å². The molecule has 160 valence electrons. The second-order valence-corrected chi connectivity index (χ2v) is 9.08. The number of fused-ring (bicyclic) bond motifs is 3. The molecule has 1 aliphatic heterocycles. The molecular formula is C22H24N6O2S. The van der Waals surface area contributed by atoms with Crippen molar-refractivity contribution in [1.82, 2.24) is 19.7 Å². The second kappa shape index (κ2) is 7.90. The van der Waals surface area contributed by atoms with E-state index in [4.69, 9.17) is 5.73 Å². The number of aryl methyl sites for hydroxylation is 2. The average Bonchev–Trinajstić information content (AvgIpc) is 3.37. The standard InChI is InChI=1S/C22H24N6O2S/c1-13(29)25-22-26-18-7-4-15-12-24-28(19(15)20(18)31-22)17-5-2-14(3-6-17)21(30)27-10-8-16(23)9-11-27/h2-3,5-6,12,16H,4,7-11,23H2,1H3,(H,25,26,29). The molecule has 1 saturated heterocycles. The molecule has 3 aromatic rings. The molecule has 3 heterocycles. The number of aromatic nitrogens is 3. The van der Waals surface area contributed by atoms with Gasteiger partial charge in [0.2, 0.25) is 5.91 Å². The van der Waals surface area contributed by atoms with Crippen LogP contribution in [0.5, 0.6) is 0 Å². The number of thiazole rings is 1. The van der Waals surface area contributed by atoms with Crippen LogP contribution in [0, 0.1) is 0 Å². The number of anilines is 1. The van der Waals surface area contributed by atoms with Crippen LogP contribution in [0.4, 0.5) is 5.13 Å². The molecule has 2 aliphatic rings. The van der Waals surface area contributed by atoms with Crippen LogP contribution in [0.25, 0.3) is 16.3 Å². The van der Waals surface area contributed by atoms with Crippen molar-refractivity contribution in [2.75, 3.05) is 18.4 Å². The molecule has 8 nitrogen and oxygen atoms in total. The SMILES string of the molecule is CC(=O)Nc1nc2c(s1)-c1c(cnn1-c1ccc(C(=O)N3CCC(N)CC3)cc1)CC2. The van der Waals surface area contributed by atoms with Gasteiger partial charge >= 0.3 is 0 Å². The van der Waals surface area contributed by atoms with E-state index >= 15 is 0 Å². The van der Waals surface area contributed by atoms with E-state index in [0.29, 0.717) is 23.8 Å². The number of nitrogens with zero attached hydrogens (tertiary/aromatic N) is 4. The van der Waals surface area contributed by atoms with Crippen LogP contribution in [0.3, 0.4) is 0 Å². The number of benzene rings is 1. The molecular weight excluding hydrogens is 412 g/mol. The summed E-state index contributed by atoms with van der Waals surface area (Å²) < 4.78 is 1.90. The van der Waals surface area contributed by atoms with Crippen molar-refractivity contribution in [3.63, 3.8) is 0 Å². The van der Waals surface area contributed by atoms with Crippen molar-refractivity contribution in [2.45, 2.75) is 38.6 Å². The fourth-order valence-corrected chi connectivity index (χ4v) is 5.32. The summed E-state index contributed by atoms with van der Waals surface area (Å²) in [5, 5.41) is 8.01. The van der Waals surface area contributed by atoms with Crippen molar-refractivity contribution in [3.8, 4) is 16.3 Å². The number of hydrogen-bond acceptors (Lipinski definition) is 6. The Morgan fingerprint density at radius 2 is 1.90 bits per heavy atom. The molecule has 31 heavy (non-hydrogen) atoms. The van der Waals surface area contributed by atoms with Gasteiger partial charge in [0.15, 0.2) is 5.13 Å². The van der Waals surface area contributed by atoms with Gasteiger partial charge in [0, 0.05) is 31.6 Å². The fourth-order valence-electron chi connectivity index (χ4n) is 4.20. The maximum atomic E-state index is 12.8. The summed E-state index contributed by atoms with van der Waals surface area (Å²) in [6.45, 7) is 2.90. The van der Waals surface area contributed by atoms with Crippen molar-refractivity contribution in [2.24, 2.45) is 5.73 Å². The van der Waals surface area contributed by atoms with Gasteiger partial charge in [-0.15, -0.1) is 0 Å². The minimum absolute atomic E-state index is 0.0469. The Balaban J connectivity index is 1.42. The molecule has 3 N–H and O–H groups in total. The first-order chi connectivity index (χ1) is 15.0. The zero-order chi connectivity index (χ0) is 21.5. The molecule has 2 aromatic heterocycles. The van der Waals surface area contributed by atoms with E-state index in [2.05, 4.69) is 15.4 Å². The quantitative estimate of drug-likeness (QED) is 0.656. The maximum absolute atomic E-state index is 12.8. The van der Waals surface area contributed by atoms with Crippen LogP contribution >= 0.6 is 11.3 Å². The minimum atomic E-state index is -0.129. The third kappa shape index (κ3) is 3.75. The van der Waals surface area contributed by atoms with Gasteiger partial charge < -0.3 is 16.0 Å². The summed E-state index contributed by atoms with van der Waals surface area (Å²) >= 11 is 1.47. The molecule has 1 aromatic carbocycles. The molecule has 0 atom stereocenters. The van der Waals surface area contributed by atoms with Crippen LogP contribution < -0.4 is 11.1 Å². The summed E-state index contributed by atoms with van der Waals surface area (Å²) in [6, 6.07) is 7.78. The molecule has 5 rings (SSSR count). The second-order valence-electron chi connectivity index (χ2n) is 8.08. The third-order valence-electron chi connectivity index (χ3n) is 5.86. The smallest absolute Gasteiger partial charge is 0.253 e. The summed E-state index contributed by atoms with van der Waals surface area (Å²) in [5.41, 5.74) is 10.7. The van der Waals surface area contributed by atoms with Crippen molar-refractivity contribution in [1.29, 1.82) is 0 Å². The first-order valence-corrected chi connectivity index (χ1v) is 11.3. The third-order valence-corrected chi connectivity index (χ3v) is 6.88. The number of carbonyl (C=O) groups excluding carboxylic acids is 2. The highest BCUT2D eigenvalue weighted by Gasteiger charge is 2.26. The molecule has 1 fully saturated rings. The average molecular weight is 437 g/mol. The van der Waals surface area contributed by atoms with Gasteiger partial charge in [0.25, 0.3) is 5.91 Å². The van der Waals surface area contributed by atoms with Crippen LogP contribution in [0.15, 0.2) is 30.5 Å². The Morgan fingerprint density at radius 3 is 2.61 bits per heavy atom. The topological polar surface area (TPSA) is 106 Å². The Bertz CT molecular complexity index is 1140. The minimum Gasteiger partial charge on any atom is -0.339 e. The lowest BCUT2D eigenvalue weighted by atomic mass is 10.0. The van der Waals surface area contributed by atoms with E-state index < -0.39 is 0 Å². The van der Waals surface area contributed by atoms with E-state index in [1.165, 1.54) is 18.3 Å². The van der Waals surface area contributed by atoms with Gasteiger partial charge in [-0.05, 0) is 55.5 Å². The number of piperidine rings is 1. The van der Waals surface area contributed by atoms with Gasteiger partial charge in [-0.25, -0.2) is 9.67 Å². The molecule has 0 saturated carbocycles. The summed E-state index contributed by atoms with van der Waals surface area (Å²) in [6.07, 6.45) is 5.28. The van der Waals surface area contributed by atoms with Crippen LogP contribution in [0.2, 0.25) is 0 Å². The fraction of sp³-hybridized carbons (Fsp3) is 0.364. The lowest BCUT2D eigenvalue weighted by Gasteiger charge is -2.30. The molecule has 0 unspecified atom stereocenters. The molecule has 0 bridgehead atoms. The number of hydrogen-bond donors (Lipinski definition) is 2. The lowest BCUT2D eigenvalue weighted by Crippen LogP contribution is -2.42. The highest BCUT2D eigenvalue weighted by Crippen LogP contribution is 2.40. The molecule has 9 heteroatoms. The summed E-state index contributed by atoms with van der Waals surface area (Å²) in [5.74, 6) is -0.0820. The normalized spacial score (nSPS) is 16.0. The first kappa shape index (κ1) is 19.9. The Hall–Kier alpha value is -3.04. The Kier molecular flexibility index (Phi) is 5.07. The summed E-state index contributed by atoms with van der Waals surface area (Å²) in [7, 11) is 0. The van der Waals surface area contributed by atoms with E-state index in [0.717, 1.165) is 53.2 Å². The van der Waals surface area contributed by atoms with Crippen molar-refractivity contribution in [3.05, 3.63) is 47.3 Å². The summed E-state index contributed by atoms with van der Waals surface area (Å²) in [4.78, 5) is 31.7. The van der Waals surface area contributed by atoms with Crippen molar-refractivity contribution < 1.29 is 9.59 Å². The molecule has 0 radical (unpaired) electrons. The molecule has 2 amide bonds. The van der Waals surface area contributed by atoms with Crippen LogP contribution in [0.1, 0.15) is 41.4 Å². The molecule has 1 aliphatic carbocycles. The van der Waals surface area contributed by atoms with Gasteiger partial charge in [0.1, 0.15) is 0 Å². The number of likely N-dealkylation sites (tertiary alicyclic amines) is 1. The van der Waals surface area contributed by atoms with E-state index in [1.54, 1.807) is 0 Å². The van der Waals surface area contributed by atoms with Gasteiger partial charge in [-0.2, -0.15) is 5.10 Å². The lowest BCUT2D eigenvalue weighted by molar-refractivity contribution is -0.114. The van der Waals surface area contributed by atoms with Gasteiger partial charge in [-0.3, -0.25) is 9.59 Å². The van der Waals surface area contributed by atoms with Gasteiger partial charge in [0.05, 0.1) is 28.1 Å². The highest BCUT2D eigenvalue weighted by atomic mass is 32.1. The zero-order valence-electron chi connectivity index (χ0n) is 17.3. The van der Waals surface area contributed by atoms with E-state index in [9.17, 15) is 9.59 Å². The predicted octanol–water partition coefficient (Wildman–Crippen LogP) is 2.62. The molecule has 0 spiro atoms. The zero-order valence-corrected chi connectivity index (χ0v) is 18.1. The Morgan fingerprint density at radius 1 is 1.16 bits per heavy atom. The first-order valence-electron chi connectivity index (χ1n) is 10.5. The number of nitrogens with two attached hydrogens (primary N) is 1. The largest absolute Gasteiger partial charge is 0.339 e. The maximum Gasteiger partial charge on any atom is 0.253 e. The van der Waals surface area contributed by atoms with Crippen LogP contribution in [-0.2, 0) is 17.6 Å². The number of rotatable bonds is 3. The number of amides is 2. The number of carbonyl (C=O) groups is 2. The Labute approximate surface area is 184 Å². The highest BCUT2D eigenvalue weighted by molar-refractivity contribution is 7.19.